The summed E-state index contributed by atoms with van der Waals surface area (Å²) in [5, 5.41) is 0.570. The van der Waals surface area contributed by atoms with Crippen LogP contribution in [0.15, 0.2) is 30.3 Å². The van der Waals surface area contributed by atoms with Crippen molar-refractivity contribution in [3.63, 3.8) is 0 Å². The minimum absolute atomic E-state index is 0.446. The Morgan fingerprint density at radius 1 is 1.13 bits per heavy atom. The van der Waals surface area contributed by atoms with Crippen LogP contribution >= 0.6 is 35.4 Å². The number of carbonyl (C=O) groups excluding carboxylic acids is 2. The van der Waals surface area contributed by atoms with E-state index < -0.39 is 17.2 Å². The summed E-state index contributed by atoms with van der Waals surface area (Å²) in [5.74, 6) is -0.320. The smallest absolute Gasteiger partial charge is 0.300 e. The number of ether oxygens (including phenoxy) is 1. The number of Topliss-reactive ketones (excluding diaryl/α,β-unsaturated/α-hetero) is 1. The van der Waals surface area contributed by atoms with Gasteiger partial charge in [0, 0.05) is 16.1 Å². The van der Waals surface area contributed by atoms with Gasteiger partial charge in [-0.15, -0.1) is 0 Å². The summed E-state index contributed by atoms with van der Waals surface area (Å²) in [5.41, 5.74) is 3.71. The zero-order chi connectivity index (χ0) is 21.5. The Kier molecular flexibility index (Phi) is 4.07. The van der Waals surface area contributed by atoms with Crippen molar-refractivity contribution < 1.29 is 14.3 Å². The molecule has 3 heterocycles. The molecular formula is C22H17ClN2O3S2. The summed E-state index contributed by atoms with van der Waals surface area (Å²) in [6.45, 7) is 5.81. The zero-order valence-electron chi connectivity index (χ0n) is 16.7. The van der Waals surface area contributed by atoms with Crippen LogP contribution in [0.3, 0.4) is 0 Å². The molecule has 1 aromatic heterocycles. The third-order valence-corrected chi connectivity index (χ3v) is 7.86. The van der Waals surface area contributed by atoms with Gasteiger partial charge >= 0.3 is 0 Å². The average molecular weight is 457 g/mol. The van der Waals surface area contributed by atoms with Crippen LogP contribution in [0.2, 0.25) is 5.02 Å². The van der Waals surface area contributed by atoms with E-state index in [1.165, 1.54) is 11.5 Å². The van der Waals surface area contributed by atoms with Crippen molar-refractivity contribution in [3.8, 4) is 22.6 Å². The zero-order valence-corrected chi connectivity index (χ0v) is 19.1. The van der Waals surface area contributed by atoms with Gasteiger partial charge < -0.3 is 4.74 Å². The number of ketones is 1. The molecule has 0 atom stereocenters. The lowest BCUT2D eigenvalue weighted by atomic mass is 9.87. The molecule has 0 aliphatic carbocycles. The summed E-state index contributed by atoms with van der Waals surface area (Å²) in [6, 6.07) is 9.15. The maximum absolute atomic E-state index is 12.9. The van der Waals surface area contributed by atoms with Gasteiger partial charge in [-0.25, -0.2) is 0 Å². The first kappa shape index (κ1) is 19.5. The van der Waals surface area contributed by atoms with E-state index in [1.807, 2.05) is 36.9 Å². The molecular weight excluding hydrogens is 440 g/mol. The Bertz CT molecular complexity index is 1350. The molecule has 0 saturated carbocycles. The maximum Gasteiger partial charge on any atom is 0.300 e. The molecule has 8 heteroatoms. The van der Waals surface area contributed by atoms with Crippen LogP contribution in [0, 0.1) is 11.6 Å². The normalized spacial score (nSPS) is 16.0. The van der Waals surface area contributed by atoms with Gasteiger partial charge in [0.15, 0.2) is 0 Å². The number of aromatic nitrogens is 1. The van der Waals surface area contributed by atoms with Gasteiger partial charge in [0.2, 0.25) is 0 Å². The number of halogens is 1. The minimum atomic E-state index is -0.731. The molecule has 0 bridgehead atoms. The molecule has 30 heavy (non-hydrogen) atoms. The fourth-order valence-electron chi connectivity index (χ4n) is 4.35. The second-order valence-corrected chi connectivity index (χ2v) is 9.73. The molecule has 5 rings (SSSR count). The van der Waals surface area contributed by atoms with Crippen molar-refractivity contribution in [2.75, 3.05) is 12.0 Å². The van der Waals surface area contributed by atoms with Crippen molar-refractivity contribution in [2.24, 2.45) is 0 Å². The number of carbonyl (C=O) groups is 2. The molecule has 152 valence electrons. The van der Waals surface area contributed by atoms with Crippen molar-refractivity contribution >= 4 is 52.7 Å². The first-order chi connectivity index (χ1) is 14.2. The van der Waals surface area contributed by atoms with Gasteiger partial charge in [0.25, 0.3) is 11.7 Å². The third-order valence-electron chi connectivity index (χ3n) is 5.67. The quantitative estimate of drug-likeness (QED) is 0.367. The molecule has 2 aliphatic rings. The number of amides is 1. The minimum Gasteiger partial charge on any atom is -0.495 e. The molecule has 3 aromatic rings. The van der Waals surface area contributed by atoms with E-state index in [-0.39, 0.29) is 0 Å². The molecule has 0 radical (unpaired) electrons. The van der Waals surface area contributed by atoms with E-state index in [0.717, 1.165) is 27.3 Å². The van der Waals surface area contributed by atoms with Crippen LogP contribution < -0.4 is 9.64 Å². The fourth-order valence-corrected chi connectivity index (χ4v) is 6.21. The Labute approximate surface area is 187 Å². The van der Waals surface area contributed by atoms with E-state index in [9.17, 15) is 9.59 Å². The van der Waals surface area contributed by atoms with E-state index in [4.69, 9.17) is 28.6 Å². The van der Waals surface area contributed by atoms with Gasteiger partial charge in [-0.3, -0.25) is 18.4 Å². The molecule has 0 N–H and O–H groups in total. The SMILES string of the molecule is COc1ccc(Cl)cc1-n1sc2c(c1=S)-c1cc(C)cc3c1N(C(=O)C3=O)C2(C)C. The van der Waals surface area contributed by atoms with Crippen LogP contribution in [0.4, 0.5) is 5.69 Å². The van der Waals surface area contributed by atoms with Crippen LogP contribution in [-0.4, -0.2) is 22.8 Å². The van der Waals surface area contributed by atoms with Gasteiger partial charge in [-0.1, -0.05) is 35.4 Å². The van der Waals surface area contributed by atoms with Crippen LogP contribution in [0.5, 0.6) is 5.75 Å². The molecule has 2 aliphatic heterocycles. The van der Waals surface area contributed by atoms with E-state index in [1.54, 1.807) is 30.2 Å². The Morgan fingerprint density at radius 3 is 2.53 bits per heavy atom. The highest BCUT2D eigenvalue weighted by atomic mass is 35.5. The monoisotopic (exact) mass is 456 g/mol. The molecule has 0 spiro atoms. The molecule has 2 aromatic carbocycles. The van der Waals surface area contributed by atoms with Crippen molar-refractivity contribution in [3.05, 3.63) is 56.0 Å². The van der Waals surface area contributed by atoms with Crippen LogP contribution in [0.1, 0.15) is 34.6 Å². The topological polar surface area (TPSA) is 51.5 Å². The van der Waals surface area contributed by atoms with Crippen molar-refractivity contribution in [1.82, 2.24) is 3.96 Å². The first-order valence-electron chi connectivity index (χ1n) is 9.31. The number of nitrogens with zero attached hydrogens (tertiary/aromatic N) is 2. The average Bonchev–Trinajstić information content (AvgIpc) is 3.17. The second kappa shape index (κ2) is 6.26. The maximum atomic E-state index is 12.9. The highest BCUT2D eigenvalue weighted by Crippen LogP contribution is 2.55. The lowest BCUT2D eigenvalue weighted by Gasteiger charge is -2.39. The van der Waals surface area contributed by atoms with E-state index in [0.29, 0.717) is 26.7 Å². The van der Waals surface area contributed by atoms with Crippen LogP contribution in [0.25, 0.3) is 16.8 Å². The number of hydrogen-bond donors (Lipinski definition) is 0. The summed E-state index contributed by atoms with van der Waals surface area (Å²) in [7, 11) is 1.60. The molecule has 0 unspecified atom stereocenters. The highest BCUT2D eigenvalue weighted by molar-refractivity contribution is 7.71. The number of rotatable bonds is 2. The summed E-state index contributed by atoms with van der Waals surface area (Å²) in [4.78, 5) is 28.2. The van der Waals surface area contributed by atoms with Gasteiger partial charge in [0.05, 0.1) is 28.8 Å². The Hall–Kier alpha value is -2.48. The van der Waals surface area contributed by atoms with E-state index >= 15 is 0 Å². The summed E-state index contributed by atoms with van der Waals surface area (Å²) >= 11 is 13.6. The number of fused-ring (bicyclic) bond motifs is 2. The van der Waals surface area contributed by atoms with E-state index in [2.05, 4.69) is 0 Å². The number of methoxy groups -OCH3 is 1. The predicted octanol–water partition coefficient (Wildman–Crippen LogP) is 5.68. The molecule has 1 amide bonds. The van der Waals surface area contributed by atoms with Gasteiger partial charge in [-0.05, 0) is 56.7 Å². The highest BCUT2D eigenvalue weighted by Gasteiger charge is 2.51. The second-order valence-electron chi connectivity index (χ2n) is 7.95. The largest absolute Gasteiger partial charge is 0.495 e. The fraction of sp³-hybridized carbons (Fsp3) is 0.227. The first-order valence-corrected chi connectivity index (χ1v) is 10.9. The summed E-state index contributed by atoms with van der Waals surface area (Å²) in [6.07, 6.45) is 0. The number of hydrogen-bond acceptors (Lipinski definition) is 5. The van der Waals surface area contributed by atoms with Gasteiger partial charge in [-0.2, -0.15) is 0 Å². The van der Waals surface area contributed by atoms with Gasteiger partial charge in [0.1, 0.15) is 16.1 Å². The Balaban J connectivity index is 1.89. The standard InChI is InChI=1S/C22H17ClN2O3S2/c1-10-7-12-16-19(22(2,3)24-17(12)13(8-10)18(26)20(24)27)30-25(21(16)29)14-9-11(23)5-6-15(14)28-4/h5-9H,1-4H3. The molecule has 5 nitrogen and oxygen atoms in total. The number of anilines is 1. The molecule has 0 saturated heterocycles. The number of benzene rings is 2. The molecule has 0 fully saturated rings. The van der Waals surface area contributed by atoms with Crippen LogP contribution in [-0.2, 0) is 10.3 Å². The van der Waals surface area contributed by atoms with Crippen molar-refractivity contribution in [2.45, 2.75) is 26.3 Å². The summed E-state index contributed by atoms with van der Waals surface area (Å²) < 4.78 is 8.05. The Morgan fingerprint density at radius 2 is 1.83 bits per heavy atom. The lowest BCUT2D eigenvalue weighted by Crippen LogP contribution is -2.46. The number of aryl methyl sites for hydroxylation is 1. The lowest BCUT2D eigenvalue weighted by molar-refractivity contribution is -0.115. The van der Waals surface area contributed by atoms with Crippen molar-refractivity contribution in [1.29, 1.82) is 0 Å². The predicted molar refractivity (Wildman–Crippen MR) is 121 cm³/mol. The third kappa shape index (κ3) is 2.37.